The summed E-state index contributed by atoms with van der Waals surface area (Å²) in [6.45, 7) is 2.91. The van der Waals surface area contributed by atoms with Crippen molar-refractivity contribution in [3.8, 4) is 5.75 Å². The maximum Gasteiger partial charge on any atom is 0.144 e. The van der Waals surface area contributed by atoms with Crippen LogP contribution in [-0.4, -0.2) is 6.61 Å². The molecule has 0 saturated heterocycles. The van der Waals surface area contributed by atoms with Gasteiger partial charge in [-0.3, -0.25) is 0 Å². The third kappa shape index (κ3) is 4.11. The fourth-order valence-electron chi connectivity index (χ4n) is 1.39. The SMILES string of the molecule is CCCCCCOc1cc(N)ccc1N. The maximum atomic E-state index is 5.75. The molecule has 0 aliphatic rings. The van der Waals surface area contributed by atoms with E-state index in [0.717, 1.165) is 6.42 Å². The van der Waals surface area contributed by atoms with Crippen LogP contribution in [0, 0.1) is 0 Å². The summed E-state index contributed by atoms with van der Waals surface area (Å²) in [7, 11) is 0. The molecule has 3 heteroatoms. The third-order valence-corrected chi connectivity index (χ3v) is 2.29. The quantitative estimate of drug-likeness (QED) is 0.558. The Morgan fingerprint density at radius 1 is 1.13 bits per heavy atom. The lowest BCUT2D eigenvalue weighted by Gasteiger charge is -2.09. The molecule has 3 nitrogen and oxygen atoms in total. The van der Waals surface area contributed by atoms with E-state index in [9.17, 15) is 0 Å². The Morgan fingerprint density at radius 3 is 2.67 bits per heavy atom. The normalized spacial score (nSPS) is 10.2. The number of nitrogen functional groups attached to an aromatic ring is 2. The first kappa shape index (κ1) is 11.7. The van der Waals surface area contributed by atoms with E-state index in [0.29, 0.717) is 23.7 Å². The van der Waals surface area contributed by atoms with Crippen molar-refractivity contribution >= 4 is 11.4 Å². The van der Waals surface area contributed by atoms with Gasteiger partial charge in [-0.05, 0) is 18.6 Å². The molecule has 84 valence electrons. The van der Waals surface area contributed by atoms with Crippen molar-refractivity contribution in [1.82, 2.24) is 0 Å². The molecule has 0 aliphatic heterocycles. The number of anilines is 2. The van der Waals surface area contributed by atoms with E-state index in [1.165, 1.54) is 19.3 Å². The zero-order valence-electron chi connectivity index (χ0n) is 9.33. The fraction of sp³-hybridized carbons (Fsp3) is 0.500. The molecule has 0 unspecified atom stereocenters. The van der Waals surface area contributed by atoms with E-state index in [4.69, 9.17) is 16.2 Å². The molecule has 1 rings (SSSR count). The summed E-state index contributed by atoms with van der Waals surface area (Å²) in [5, 5.41) is 0. The molecule has 1 aromatic carbocycles. The Hall–Kier alpha value is -1.38. The van der Waals surface area contributed by atoms with Gasteiger partial charge in [-0.2, -0.15) is 0 Å². The van der Waals surface area contributed by atoms with Crippen LogP contribution in [0.25, 0.3) is 0 Å². The van der Waals surface area contributed by atoms with Gasteiger partial charge >= 0.3 is 0 Å². The van der Waals surface area contributed by atoms with Crippen LogP contribution in [0.15, 0.2) is 18.2 Å². The molecule has 1 aromatic rings. The summed E-state index contributed by atoms with van der Waals surface area (Å²) in [6.07, 6.45) is 4.77. The highest BCUT2D eigenvalue weighted by molar-refractivity contribution is 5.59. The molecule has 0 fully saturated rings. The van der Waals surface area contributed by atoms with E-state index in [1.54, 1.807) is 18.2 Å². The summed E-state index contributed by atoms with van der Waals surface area (Å²) >= 11 is 0. The zero-order valence-corrected chi connectivity index (χ0v) is 9.33. The van der Waals surface area contributed by atoms with Crippen LogP contribution in [0.3, 0.4) is 0 Å². The van der Waals surface area contributed by atoms with Gasteiger partial charge in [0.05, 0.1) is 12.3 Å². The Balaban J connectivity index is 2.33. The van der Waals surface area contributed by atoms with Gasteiger partial charge in [0.1, 0.15) is 5.75 Å². The average Bonchev–Trinajstić information content (AvgIpc) is 2.23. The van der Waals surface area contributed by atoms with Crippen molar-refractivity contribution in [3.63, 3.8) is 0 Å². The molecule has 15 heavy (non-hydrogen) atoms. The molecule has 0 aromatic heterocycles. The van der Waals surface area contributed by atoms with Gasteiger partial charge in [-0.25, -0.2) is 0 Å². The Labute approximate surface area is 91.4 Å². The lowest BCUT2D eigenvalue weighted by Crippen LogP contribution is -2.01. The van der Waals surface area contributed by atoms with Crippen LogP contribution in [0.1, 0.15) is 32.6 Å². The van der Waals surface area contributed by atoms with Crippen molar-refractivity contribution in [1.29, 1.82) is 0 Å². The first-order chi connectivity index (χ1) is 7.24. The second kappa shape index (κ2) is 6.17. The number of nitrogens with two attached hydrogens (primary N) is 2. The van der Waals surface area contributed by atoms with Crippen LogP contribution in [-0.2, 0) is 0 Å². The van der Waals surface area contributed by atoms with E-state index < -0.39 is 0 Å². The van der Waals surface area contributed by atoms with Crippen molar-refractivity contribution in [3.05, 3.63) is 18.2 Å². The Morgan fingerprint density at radius 2 is 1.93 bits per heavy atom. The summed E-state index contributed by atoms with van der Waals surface area (Å²) in [4.78, 5) is 0. The van der Waals surface area contributed by atoms with Gasteiger partial charge in [0, 0.05) is 11.8 Å². The highest BCUT2D eigenvalue weighted by Crippen LogP contribution is 2.23. The first-order valence-electron chi connectivity index (χ1n) is 5.52. The van der Waals surface area contributed by atoms with Gasteiger partial charge in [-0.1, -0.05) is 26.2 Å². The predicted molar refractivity (Wildman–Crippen MR) is 64.9 cm³/mol. The van der Waals surface area contributed by atoms with Gasteiger partial charge in [-0.15, -0.1) is 0 Å². The molecular formula is C12H20N2O. The molecule has 0 bridgehead atoms. The minimum absolute atomic E-state index is 0.652. The van der Waals surface area contributed by atoms with Crippen LogP contribution < -0.4 is 16.2 Å². The summed E-state index contributed by atoms with van der Waals surface area (Å²) in [5.41, 5.74) is 12.7. The predicted octanol–water partition coefficient (Wildman–Crippen LogP) is 2.81. The van der Waals surface area contributed by atoms with Crippen LogP contribution in [0.2, 0.25) is 0 Å². The lowest BCUT2D eigenvalue weighted by molar-refractivity contribution is 0.307. The minimum Gasteiger partial charge on any atom is -0.491 e. The largest absolute Gasteiger partial charge is 0.491 e. The standard InChI is InChI=1S/C12H20N2O/c1-2-3-4-5-8-15-12-9-10(13)6-7-11(12)14/h6-7,9H,2-5,8,13-14H2,1H3. The van der Waals surface area contributed by atoms with E-state index in [2.05, 4.69) is 6.92 Å². The number of hydrogen-bond donors (Lipinski definition) is 2. The number of unbranched alkanes of at least 4 members (excludes halogenated alkanes) is 3. The first-order valence-corrected chi connectivity index (χ1v) is 5.52. The Kier molecular flexibility index (Phi) is 4.81. The maximum absolute atomic E-state index is 5.75. The van der Waals surface area contributed by atoms with Crippen LogP contribution in [0.4, 0.5) is 11.4 Å². The molecule has 0 radical (unpaired) electrons. The molecule has 0 saturated carbocycles. The zero-order chi connectivity index (χ0) is 11.1. The van der Waals surface area contributed by atoms with Crippen molar-refractivity contribution < 1.29 is 4.74 Å². The van der Waals surface area contributed by atoms with Gasteiger partial charge in [0.25, 0.3) is 0 Å². The monoisotopic (exact) mass is 208 g/mol. The number of ether oxygens (including phenoxy) is 1. The molecule has 0 aliphatic carbocycles. The van der Waals surface area contributed by atoms with Crippen molar-refractivity contribution in [2.24, 2.45) is 0 Å². The Bertz CT molecular complexity index is 300. The molecular weight excluding hydrogens is 188 g/mol. The molecule has 0 spiro atoms. The van der Waals surface area contributed by atoms with Gasteiger partial charge < -0.3 is 16.2 Å². The smallest absolute Gasteiger partial charge is 0.144 e. The third-order valence-electron chi connectivity index (χ3n) is 2.29. The molecule has 4 N–H and O–H groups in total. The van der Waals surface area contributed by atoms with Crippen LogP contribution >= 0.6 is 0 Å². The second-order valence-electron chi connectivity index (χ2n) is 3.71. The summed E-state index contributed by atoms with van der Waals surface area (Å²) in [5.74, 6) is 0.700. The van der Waals surface area contributed by atoms with Crippen molar-refractivity contribution in [2.45, 2.75) is 32.6 Å². The number of rotatable bonds is 6. The average molecular weight is 208 g/mol. The highest BCUT2D eigenvalue weighted by Gasteiger charge is 2.00. The van der Waals surface area contributed by atoms with E-state index in [-0.39, 0.29) is 0 Å². The topological polar surface area (TPSA) is 61.3 Å². The molecule has 0 amide bonds. The lowest BCUT2D eigenvalue weighted by atomic mass is 10.2. The second-order valence-corrected chi connectivity index (χ2v) is 3.71. The van der Waals surface area contributed by atoms with E-state index >= 15 is 0 Å². The number of hydrogen-bond acceptors (Lipinski definition) is 3. The minimum atomic E-state index is 0.652. The molecule has 0 heterocycles. The fourth-order valence-corrected chi connectivity index (χ4v) is 1.39. The summed E-state index contributed by atoms with van der Waals surface area (Å²) < 4.78 is 5.56. The molecule has 0 atom stereocenters. The van der Waals surface area contributed by atoms with Crippen LogP contribution in [0.5, 0.6) is 5.75 Å². The highest BCUT2D eigenvalue weighted by atomic mass is 16.5. The number of benzene rings is 1. The van der Waals surface area contributed by atoms with Crippen molar-refractivity contribution in [2.75, 3.05) is 18.1 Å². The van der Waals surface area contributed by atoms with E-state index in [1.807, 2.05) is 0 Å². The van der Waals surface area contributed by atoms with Gasteiger partial charge in [0.15, 0.2) is 0 Å². The summed E-state index contributed by atoms with van der Waals surface area (Å²) in [6, 6.07) is 5.32. The van der Waals surface area contributed by atoms with Gasteiger partial charge in [0.2, 0.25) is 0 Å².